The average molecular weight is 341 g/mol. The summed E-state index contributed by atoms with van der Waals surface area (Å²) >= 11 is 0. The molecule has 0 radical (unpaired) electrons. The largest absolute Gasteiger partial charge is 0.481 e. The summed E-state index contributed by atoms with van der Waals surface area (Å²) in [5.41, 5.74) is 6.06. The first kappa shape index (κ1) is 19.1. The molecule has 2 atom stereocenters. The van der Waals surface area contributed by atoms with Gasteiger partial charge in [0.25, 0.3) is 0 Å². The smallest absolute Gasteiger partial charge is 0.322 e. The number of carbonyl (C=O) groups excluding carboxylic acids is 2. The van der Waals surface area contributed by atoms with Crippen LogP contribution in [0.4, 0.5) is 0 Å². The zero-order valence-corrected chi connectivity index (χ0v) is 12.7. The van der Waals surface area contributed by atoms with Crippen LogP contribution >= 0.6 is 0 Å². The Balaban J connectivity index is 2.69. The summed E-state index contributed by atoms with van der Waals surface area (Å²) in [6, 6.07) is -2.19. The van der Waals surface area contributed by atoms with Gasteiger partial charge in [-0.25, -0.2) is 4.98 Å². The lowest BCUT2D eigenvalue weighted by Gasteiger charge is -2.19. The van der Waals surface area contributed by atoms with Gasteiger partial charge in [0.2, 0.25) is 11.8 Å². The number of nitrogens with one attached hydrogen (secondary N) is 3. The van der Waals surface area contributed by atoms with Crippen LogP contribution in [0.5, 0.6) is 0 Å². The second-order valence-corrected chi connectivity index (χ2v) is 4.98. The fourth-order valence-corrected chi connectivity index (χ4v) is 1.80. The topological polar surface area (TPSA) is 188 Å². The Hall–Kier alpha value is -2.95. The van der Waals surface area contributed by atoms with Crippen molar-refractivity contribution < 1.29 is 29.4 Å². The van der Waals surface area contributed by atoms with Gasteiger partial charge < -0.3 is 31.6 Å². The standard InChI is InChI=1S/C13H19N5O6/c14-8(1-2-10(19)20)12(23)18-9(3-7-4-15-6-17-7)13(24)16-5-11(21)22/h4,6,8-9H,1-3,5,14H2,(H,15,17)(H,16,24)(H,18,23)(H,19,20)(H,21,22)/t8-,9-/m0/s1. The molecule has 0 saturated carbocycles. The van der Waals surface area contributed by atoms with Gasteiger partial charge in [0.05, 0.1) is 18.1 Å². The van der Waals surface area contributed by atoms with E-state index in [0.29, 0.717) is 5.69 Å². The second kappa shape index (κ2) is 9.25. The minimum Gasteiger partial charge on any atom is -0.481 e. The number of carboxylic acids is 2. The maximum Gasteiger partial charge on any atom is 0.322 e. The van der Waals surface area contributed by atoms with Crippen LogP contribution in [-0.2, 0) is 25.6 Å². The van der Waals surface area contributed by atoms with Crippen molar-refractivity contribution in [2.45, 2.75) is 31.3 Å². The van der Waals surface area contributed by atoms with E-state index in [1.165, 1.54) is 12.5 Å². The molecule has 0 spiro atoms. The Kier molecular flexibility index (Phi) is 7.36. The molecule has 0 aliphatic heterocycles. The summed E-state index contributed by atoms with van der Waals surface area (Å²) in [7, 11) is 0. The van der Waals surface area contributed by atoms with Gasteiger partial charge in [0.1, 0.15) is 12.6 Å². The van der Waals surface area contributed by atoms with Crippen LogP contribution in [0.1, 0.15) is 18.5 Å². The zero-order chi connectivity index (χ0) is 18.1. The molecule has 132 valence electrons. The van der Waals surface area contributed by atoms with Gasteiger partial charge in [-0.05, 0) is 6.42 Å². The number of hydrogen-bond donors (Lipinski definition) is 6. The molecule has 0 aromatic carbocycles. The van der Waals surface area contributed by atoms with Crippen molar-refractivity contribution in [1.29, 1.82) is 0 Å². The molecule has 0 aliphatic carbocycles. The van der Waals surface area contributed by atoms with E-state index >= 15 is 0 Å². The van der Waals surface area contributed by atoms with Gasteiger partial charge >= 0.3 is 11.9 Å². The van der Waals surface area contributed by atoms with E-state index in [1.54, 1.807) is 0 Å². The minimum absolute atomic E-state index is 0.0202. The molecule has 7 N–H and O–H groups in total. The van der Waals surface area contributed by atoms with Gasteiger partial charge in [-0.15, -0.1) is 0 Å². The van der Waals surface area contributed by atoms with Crippen molar-refractivity contribution in [3.05, 3.63) is 18.2 Å². The maximum atomic E-state index is 12.0. The monoisotopic (exact) mass is 341 g/mol. The number of H-pyrrole nitrogens is 1. The third-order valence-corrected chi connectivity index (χ3v) is 3.02. The minimum atomic E-state index is -1.23. The van der Waals surface area contributed by atoms with Crippen molar-refractivity contribution in [2.75, 3.05) is 6.54 Å². The Morgan fingerprint density at radius 2 is 1.92 bits per heavy atom. The normalized spacial score (nSPS) is 12.9. The van der Waals surface area contributed by atoms with Crippen LogP contribution in [0.25, 0.3) is 0 Å². The molecule has 11 nitrogen and oxygen atoms in total. The molecule has 0 unspecified atom stereocenters. The molecule has 0 aliphatic rings. The van der Waals surface area contributed by atoms with E-state index < -0.39 is 42.4 Å². The number of carboxylic acid groups (broad SMARTS) is 2. The first-order chi connectivity index (χ1) is 11.3. The SMILES string of the molecule is N[C@@H](CCC(=O)O)C(=O)N[C@@H](Cc1c[nH]cn1)C(=O)NCC(=O)O. The third kappa shape index (κ3) is 6.87. The van der Waals surface area contributed by atoms with E-state index in [0.717, 1.165) is 0 Å². The number of rotatable bonds is 10. The summed E-state index contributed by atoms with van der Waals surface area (Å²) in [5.74, 6) is -3.74. The summed E-state index contributed by atoms with van der Waals surface area (Å²) in [5, 5.41) is 21.7. The molecule has 0 fully saturated rings. The lowest BCUT2D eigenvalue weighted by molar-refractivity contribution is -0.138. The molecule has 24 heavy (non-hydrogen) atoms. The fourth-order valence-electron chi connectivity index (χ4n) is 1.80. The van der Waals surface area contributed by atoms with Crippen molar-refractivity contribution in [2.24, 2.45) is 5.73 Å². The summed E-state index contributed by atoms with van der Waals surface area (Å²) in [4.78, 5) is 51.7. The van der Waals surface area contributed by atoms with Crippen LogP contribution in [0.2, 0.25) is 0 Å². The third-order valence-electron chi connectivity index (χ3n) is 3.02. The molecule has 1 rings (SSSR count). The highest BCUT2D eigenvalue weighted by Crippen LogP contribution is 2.01. The molecular formula is C13H19N5O6. The number of nitrogens with two attached hydrogens (primary N) is 1. The van der Waals surface area contributed by atoms with Crippen LogP contribution < -0.4 is 16.4 Å². The lowest BCUT2D eigenvalue weighted by Crippen LogP contribution is -2.53. The fraction of sp³-hybridized carbons (Fsp3) is 0.462. The number of amides is 2. The summed E-state index contributed by atoms with van der Waals surface area (Å²) in [6.07, 6.45) is 2.55. The van der Waals surface area contributed by atoms with Crippen molar-refractivity contribution in [3.63, 3.8) is 0 Å². The van der Waals surface area contributed by atoms with Gasteiger partial charge in [0.15, 0.2) is 0 Å². The van der Waals surface area contributed by atoms with E-state index in [4.69, 9.17) is 15.9 Å². The van der Waals surface area contributed by atoms with E-state index in [9.17, 15) is 19.2 Å². The van der Waals surface area contributed by atoms with E-state index in [1.807, 2.05) is 0 Å². The van der Waals surface area contributed by atoms with Crippen LogP contribution in [-0.4, -0.2) is 62.6 Å². The highest BCUT2D eigenvalue weighted by atomic mass is 16.4. The Labute approximate surface area is 136 Å². The quantitative estimate of drug-likeness (QED) is 0.277. The number of nitrogens with zero attached hydrogens (tertiary/aromatic N) is 1. The molecule has 1 aromatic rings. The summed E-state index contributed by atoms with van der Waals surface area (Å²) in [6.45, 7) is -0.600. The highest BCUT2D eigenvalue weighted by Gasteiger charge is 2.25. The molecule has 1 aromatic heterocycles. The summed E-state index contributed by atoms with van der Waals surface area (Å²) < 4.78 is 0. The lowest BCUT2D eigenvalue weighted by atomic mass is 10.1. The number of aromatic nitrogens is 2. The molecule has 11 heteroatoms. The van der Waals surface area contributed by atoms with Crippen molar-refractivity contribution in [1.82, 2.24) is 20.6 Å². The number of aromatic amines is 1. The second-order valence-electron chi connectivity index (χ2n) is 4.98. The van der Waals surface area contributed by atoms with Crippen LogP contribution in [0.3, 0.4) is 0 Å². The average Bonchev–Trinajstić information content (AvgIpc) is 3.02. The van der Waals surface area contributed by atoms with Gasteiger partial charge in [0, 0.05) is 19.0 Å². The number of hydrogen-bond acceptors (Lipinski definition) is 6. The van der Waals surface area contributed by atoms with Crippen LogP contribution in [0.15, 0.2) is 12.5 Å². The van der Waals surface area contributed by atoms with Gasteiger partial charge in [-0.2, -0.15) is 0 Å². The number of imidazole rings is 1. The molecule has 2 amide bonds. The predicted molar refractivity (Wildman–Crippen MR) is 79.7 cm³/mol. The first-order valence-corrected chi connectivity index (χ1v) is 7.04. The molecule has 0 saturated heterocycles. The molecule has 1 heterocycles. The highest BCUT2D eigenvalue weighted by molar-refractivity contribution is 5.91. The van der Waals surface area contributed by atoms with Gasteiger partial charge in [-0.1, -0.05) is 0 Å². The Bertz CT molecular complexity index is 588. The number of aliphatic carboxylic acids is 2. The Morgan fingerprint density at radius 1 is 1.21 bits per heavy atom. The molecule has 0 bridgehead atoms. The zero-order valence-electron chi connectivity index (χ0n) is 12.7. The van der Waals surface area contributed by atoms with Crippen molar-refractivity contribution in [3.8, 4) is 0 Å². The van der Waals surface area contributed by atoms with Gasteiger partial charge in [-0.3, -0.25) is 19.2 Å². The maximum absolute atomic E-state index is 12.0. The number of carbonyl (C=O) groups is 4. The van der Waals surface area contributed by atoms with Crippen molar-refractivity contribution >= 4 is 23.8 Å². The van der Waals surface area contributed by atoms with E-state index in [2.05, 4.69) is 20.6 Å². The molecular weight excluding hydrogens is 322 g/mol. The van der Waals surface area contributed by atoms with E-state index in [-0.39, 0.29) is 19.3 Å². The first-order valence-electron chi connectivity index (χ1n) is 7.04. The van der Waals surface area contributed by atoms with Crippen LogP contribution in [0, 0.1) is 0 Å². The predicted octanol–water partition coefficient (Wildman–Crippen LogP) is -2.17. The Morgan fingerprint density at radius 3 is 2.46 bits per heavy atom.